The van der Waals surface area contributed by atoms with Crippen LogP contribution in [0.4, 0.5) is 13.2 Å². The molecule has 4 nitrogen and oxygen atoms in total. The van der Waals surface area contributed by atoms with Crippen molar-refractivity contribution < 1.29 is 17.9 Å². The average Bonchev–Trinajstić information content (AvgIpc) is 2.43. The van der Waals surface area contributed by atoms with Gasteiger partial charge in [0.25, 0.3) is 0 Å². The molecular weight excluding hydrogens is 307 g/mol. The van der Waals surface area contributed by atoms with E-state index in [4.69, 9.17) is 0 Å². The number of nitrogens with one attached hydrogen (secondary N) is 2. The molecule has 0 amide bonds. The fourth-order valence-electron chi connectivity index (χ4n) is 1.87. The first-order valence-corrected chi connectivity index (χ1v) is 7.57. The smallest absolute Gasteiger partial charge is 0.367 e. The van der Waals surface area contributed by atoms with Crippen LogP contribution in [0.1, 0.15) is 31.9 Å². The molecule has 0 fully saturated rings. The Morgan fingerprint density at radius 2 is 1.96 bits per heavy atom. The standard InChI is InChI=1S/C16H24F3N3O/c1-4-20-15(22-12(2)3)21-9-13-6-5-7-14(8-13)10-23-11-16(17,18)19/h5-8,12H,4,9-11H2,1-3H3,(H2,20,21,22). The second-order valence-electron chi connectivity index (χ2n) is 5.42. The zero-order valence-electron chi connectivity index (χ0n) is 13.7. The molecule has 0 aliphatic carbocycles. The Hall–Kier alpha value is -1.76. The van der Waals surface area contributed by atoms with Crippen molar-refractivity contribution in [2.45, 2.75) is 46.1 Å². The number of halogens is 3. The van der Waals surface area contributed by atoms with E-state index < -0.39 is 12.8 Å². The number of guanidine groups is 1. The van der Waals surface area contributed by atoms with Crippen molar-refractivity contribution in [3.05, 3.63) is 35.4 Å². The van der Waals surface area contributed by atoms with Crippen LogP contribution in [0.5, 0.6) is 0 Å². The summed E-state index contributed by atoms with van der Waals surface area (Å²) in [5, 5.41) is 6.34. The average molecular weight is 331 g/mol. The molecule has 0 radical (unpaired) electrons. The molecule has 130 valence electrons. The van der Waals surface area contributed by atoms with Gasteiger partial charge in [-0.05, 0) is 31.9 Å². The summed E-state index contributed by atoms with van der Waals surface area (Å²) in [5.74, 6) is 0.709. The summed E-state index contributed by atoms with van der Waals surface area (Å²) in [6, 6.07) is 7.48. The quantitative estimate of drug-likeness (QED) is 0.596. The molecule has 0 aliphatic rings. The molecule has 1 rings (SSSR count). The normalized spacial score (nSPS) is 12.6. The fourth-order valence-corrected chi connectivity index (χ4v) is 1.87. The maximum atomic E-state index is 12.1. The maximum absolute atomic E-state index is 12.1. The summed E-state index contributed by atoms with van der Waals surface area (Å²) >= 11 is 0. The third-order valence-corrected chi connectivity index (χ3v) is 2.72. The van der Waals surface area contributed by atoms with Crippen LogP contribution in [0.15, 0.2) is 29.3 Å². The molecular formula is C16H24F3N3O. The number of ether oxygens (including phenoxy) is 1. The molecule has 0 spiro atoms. The van der Waals surface area contributed by atoms with Gasteiger partial charge in [-0.15, -0.1) is 0 Å². The largest absolute Gasteiger partial charge is 0.411 e. The van der Waals surface area contributed by atoms with Gasteiger partial charge in [-0.25, -0.2) is 4.99 Å². The fraction of sp³-hybridized carbons (Fsp3) is 0.562. The third kappa shape index (κ3) is 9.07. The summed E-state index contributed by atoms with van der Waals surface area (Å²) in [6.07, 6.45) is -4.30. The van der Waals surface area contributed by atoms with E-state index in [2.05, 4.69) is 20.4 Å². The van der Waals surface area contributed by atoms with Gasteiger partial charge in [-0.1, -0.05) is 24.3 Å². The van der Waals surface area contributed by atoms with Gasteiger partial charge in [0.15, 0.2) is 5.96 Å². The predicted octanol–water partition coefficient (Wildman–Crippen LogP) is 3.23. The summed E-state index contributed by atoms with van der Waals surface area (Å²) in [5.41, 5.74) is 1.61. The predicted molar refractivity (Wildman–Crippen MR) is 85.2 cm³/mol. The molecule has 0 aromatic heterocycles. The molecule has 0 atom stereocenters. The van der Waals surface area contributed by atoms with Crippen molar-refractivity contribution in [2.75, 3.05) is 13.2 Å². The van der Waals surface area contributed by atoms with Crippen molar-refractivity contribution in [3.63, 3.8) is 0 Å². The van der Waals surface area contributed by atoms with Gasteiger partial charge < -0.3 is 15.4 Å². The first-order valence-electron chi connectivity index (χ1n) is 7.57. The highest BCUT2D eigenvalue weighted by Gasteiger charge is 2.27. The summed E-state index contributed by atoms with van der Waals surface area (Å²) in [7, 11) is 0. The Balaban J connectivity index is 2.61. The van der Waals surface area contributed by atoms with Gasteiger partial charge in [-0.2, -0.15) is 13.2 Å². The molecule has 0 saturated carbocycles. The van der Waals surface area contributed by atoms with Crippen LogP contribution < -0.4 is 10.6 Å². The zero-order chi connectivity index (χ0) is 17.3. The Morgan fingerprint density at radius 1 is 1.26 bits per heavy atom. The van der Waals surface area contributed by atoms with E-state index in [1.807, 2.05) is 26.8 Å². The minimum Gasteiger partial charge on any atom is -0.367 e. The van der Waals surface area contributed by atoms with Crippen LogP contribution in [0, 0.1) is 0 Å². The Kier molecular flexibility index (Phi) is 7.88. The minimum absolute atomic E-state index is 0.0681. The molecule has 0 heterocycles. The number of alkyl halides is 3. The van der Waals surface area contributed by atoms with Gasteiger partial charge in [-0.3, -0.25) is 0 Å². The highest BCUT2D eigenvalue weighted by molar-refractivity contribution is 5.79. The number of hydrogen-bond donors (Lipinski definition) is 2. The highest BCUT2D eigenvalue weighted by atomic mass is 19.4. The summed E-state index contributed by atoms with van der Waals surface area (Å²) < 4.78 is 40.9. The lowest BCUT2D eigenvalue weighted by Crippen LogP contribution is -2.40. The van der Waals surface area contributed by atoms with Gasteiger partial charge in [0.05, 0.1) is 13.2 Å². The third-order valence-electron chi connectivity index (χ3n) is 2.72. The first kappa shape index (κ1) is 19.3. The first-order chi connectivity index (χ1) is 10.8. The van der Waals surface area contributed by atoms with Crippen molar-refractivity contribution in [1.29, 1.82) is 0 Å². The van der Waals surface area contributed by atoms with Crippen molar-refractivity contribution in [3.8, 4) is 0 Å². The van der Waals surface area contributed by atoms with Crippen molar-refractivity contribution in [1.82, 2.24) is 10.6 Å². The Labute approximate surface area is 135 Å². The zero-order valence-corrected chi connectivity index (χ0v) is 13.7. The second kappa shape index (κ2) is 9.39. The minimum atomic E-state index is -4.30. The van der Waals surface area contributed by atoms with E-state index in [0.717, 1.165) is 12.1 Å². The monoisotopic (exact) mass is 331 g/mol. The molecule has 0 saturated heterocycles. The molecule has 0 unspecified atom stereocenters. The Bertz CT molecular complexity index is 502. The SMILES string of the molecule is CCNC(=NCc1cccc(COCC(F)(F)F)c1)NC(C)C. The van der Waals surface area contributed by atoms with E-state index >= 15 is 0 Å². The van der Waals surface area contributed by atoms with E-state index in [1.54, 1.807) is 18.2 Å². The maximum Gasteiger partial charge on any atom is 0.411 e. The van der Waals surface area contributed by atoms with Crippen LogP contribution in [-0.2, 0) is 17.9 Å². The Morgan fingerprint density at radius 3 is 2.57 bits per heavy atom. The van der Waals surface area contributed by atoms with E-state index in [1.165, 1.54) is 0 Å². The molecule has 1 aromatic rings. The number of hydrogen-bond acceptors (Lipinski definition) is 2. The van der Waals surface area contributed by atoms with E-state index in [0.29, 0.717) is 18.1 Å². The number of benzene rings is 1. The van der Waals surface area contributed by atoms with Gasteiger partial charge in [0.1, 0.15) is 6.61 Å². The van der Waals surface area contributed by atoms with Gasteiger partial charge in [0, 0.05) is 12.6 Å². The highest BCUT2D eigenvalue weighted by Crippen LogP contribution is 2.16. The number of nitrogens with zero attached hydrogens (tertiary/aromatic N) is 1. The van der Waals surface area contributed by atoms with Crippen LogP contribution in [0.25, 0.3) is 0 Å². The van der Waals surface area contributed by atoms with E-state index in [9.17, 15) is 13.2 Å². The molecule has 0 aliphatic heterocycles. The summed E-state index contributed by atoms with van der Waals surface area (Å²) in [6.45, 7) is 5.91. The topological polar surface area (TPSA) is 45.7 Å². The van der Waals surface area contributed by atoms with Gasteiger partial charge >= 0.3 is 6.18 Å². The summed E-state index contributed by atoms with van der Waals surface area (Å²) in [4.78, 5) is 4.46. The van der Waals surface area contributed by atoms with Crippen molar-refractivity contribution >= 4 is 5.96 Å². The lowest BCUT2D eigenvalue weighted by molar-refractivity contribution is -0.176. The molecule has 0 bridgehead atoms. The second-order valence-corrected chi connectivity index (χ2v) is 5.42. The van der Waals surface area contributed by atoms with Crippen LogP contribution in [0.2, 0.25) is 0 Å². The van der Waals surface area contributed by atoms with Gasteiger partial charge in [0.2, 0.25) is 0 Å². The molecule has 7 heteroatoms. The van der Waals surface area contributed by atoms with Crippen LogP contribution in [0.3, 0.4) is 0 Å². The molecule has 23 heavy (non-hydrogen) atoms. The van der Waals surface area contributed by atoms with Crippen LogP contribution >= 0.6 is 0 Å². The number of rotatable bonds is 7. The van der Waals surface area contributed by atoms with Crippen LogP contribution in [-0.4, -0.2) is 31.3 Å². The van der Waals surface area contributed by atoms with E-state index in [-0.39, 0.29) is 12.6 Å². The van der Waals surface area contributed by atoms with Crippen molar-refractivity contribution in [2.24, 2.45) is 4.99 Å². The molecule has 2 N–H and O–H groups in total. The number of aliphatic imine (C=N–C) groups is 1. The molecule has 1 aromatic carbocycles. The lowest BCUT2D eigenvalue weighted by Gasteiger charge is -2.14. The lowest BCUT2D eigenvalue weighted by atomic mass is 10.1.